The number of anilines is 2. The molecule has 1 rings (SSSR count). The molecule has 0 saturated heterocycles. The van der Waals surface area contributed by atoms with Gasteiger partial charge < -0.3 is 20.7 Å². The molecular formula is C12H22N4O2S. The largest absolute Gasteiger partial charge is 0.383 e. The first-order chi connectivity index (χ1) is 8.86. The second-order valence-electron chi connectivity index (χ2n) is 4.88. The minimum Gasteiger partial charge on any atom is -0.383 e. The highest BCUT2D eigenvalue weighted by Crippen LogP contribution is 2.26. The van der Waals surface area contributed by atoms with Crippen molar-refractivity contribution in [2.45, 2.75) is 19.9 Å². The van der Waals surface area contributed by atoms with Gasteiger partial charge in [0.05, 0.1) is 12.6 Å². The van der Waals surface area contributed by atoms with Crippen LogP contribution < -0.4 is 16.0 Å². The number of amides is 1. The van der Waals surface area contributed by atoms with Gasteiger partial charge in [-0.3, -0.25) is 4.79 Å². The molecule has 19 heavy (non-hydrogen) atoms. The highest BCUT2D eigenvalue weighted by atomic mass is 32.1. The Hall–Kier alpha value is -1.34. The normalized spacial score (nSPS) is 12.5. The van der Waals surface area contributed by atoms with Gasteiger partial charge in [0, 0.05) is 21.2 Å². The Balaban J connectivity index is 2.82. The van der Waals surface area contributed by atoms with Gasteiger partial charge in [0.15, 0.2) is 5.13 Å². The number of hydrogen-bond donors (Lipinski definition) is 2. The molecule has 0 bridgehead atoms. The molecule has 108 valence electrons. The Labute approximate surface area is 118 Å². The maximum Gasteiger partial charge on any atom is 0.265 e. The summed E-state index contributed by atoms with van der Waals surface area (Å²) in [4.78, 5) is 18.6. The van der Waals surface area contributed by atoms with E-state index in [9.17, 15) is 4.79 Å². The minimum atomic E-state index is -0.196. The van der Waals surface area contributed by atoms with Crippen molar-refractivity contribution in [3.63, 3.8) is 0 Å². The molecule has 0 saturated carbocycles. The van der Waals surface area contributed by atoms with Gasteiger partial charge in [-0.15, -0.1) is 0 Å². The van der Waals surface area contributed by atoms with Crippen molar-refractivity contribution in [3.8, 4) is 0 Å². The molecule has 1 unspecified atom stereocenters. The summed E-state index contributed by atoms with van der Waals surface area (Å²) in [5, 5.41) is 3.65. The van der Waals surface area contributed by atoms with Crippen LogP contribution in [0.1, 0.15) is 23.5 Å². The average Bonchev–Trinajstić information content (AvgIpc) is 2.70. The van der Waals surface area contributed by atoms with Gasteiger partial charge in [-0.25, -0.2) is 4.98 Å². The molecular weight excluding hydrogens is 264 g/mol. The Bertz CT molecular complexity index is 431. The zero-order valence-electron chi connectivity index (χ0n) is 12.1. The lowest BCUT2D eigenvalue weighted by atomic mass is 10.1. The number of hydrogen-bond acceptors (Lipinski definition) is 6. The Kier molecular flexibility index (Phi) is 5.56. The van der Waals surface area contributed by atoms with Gasteiger partial charge in [0.2, 0.25) is 0 Å². The average molecular weight is 286 g/mol. The SMILES string of the molecule is COCC(NC(=O)c1sc(N(C)C)nc1N)C(C)C. The summed E-state index contributed by atoms with van der Waals surface area (Å²) in [5.41, 5.74) is 5.79. The maximum atomic E-state index is 12.2. The highest BCUT2D eigenvalue weighted by Gasteiger charge is 2.21. The molecule has 0 aliphatic heterocycles. The molecule has 1 aromatic heterocycles. The van der Waals surface area contributed by atoms with Crippen molar-refractivity contribution < 1.29 is 9.53 Å². The number of rotatable bonds is 6. The molecule has 1 amide bonds. The van der Waals surface area contributed by atoms with Gasteiger partial charge in [-0.2, -0.15) is 0 Å². The fourth-order valence-corrected chi connectivity index (χ4v) is 2.30. The van der Waals surface area contributed by atoms with Gasteiger partial charge in [-0.1, -0.05) is 25.2 Å². The van der Waals surface area contributed by atoms with Gasteiger partial charge in [-0.05, 0) is 5.92 Å². The van der Waals surface area contributed by atoms with Gasteiger partial charge in [0.1, 0.15) is 10.7 Å². The lowest BCUT2D eigenvalue weighted by molar-refractivity contribution is 0.0871. The Morgan fingerprint density at radius 2 is 2.16 bits per heavy atom. The van der Waals surface area contributed by atoms with Crippen LogP contribution in [-0.4, -0.2) is 44.7 Å². The first-order valence-electron chi connectivity index (χ1n) is 6.10. The standard InChI is InChI=1S/C12H22N4O2S/c1-7(2)8(6-18-5)14-11(17)9-10(13)15-12(19-9)16(3)4/h7-8H,6,13H2,1-5H3,(H,14,17). The number of nitrogens with zero attached hydrogens (tertiary/aromatic N) is 2. The van der Waals surface area contributed by atoms with Crippen LogP contribution in [0.2, 0.25) is 0 Å². The molecule has 1 atom stereocenters. The molecule has 1 heterocycles. The maximum absolute atomic E-state index is 12.2. The van der Waals surface area contributed by atoms with E-state index in [1.54, 1.807) is 7.11 Å². The fourth-order valence-electron chi connectivity index (χ4n) is 1.49. The summed E-state index contributed by atoms with van der Waals surface area (Å²) >= 11 is 1.28. The number of carbonyl (C=O) groups is 1. The summed E-state index contributed by atoms with van der Waals surface area (Å²) in [7, 11) is 5.34. The number of nitrogen functional groups attached to an aromatic ring is 1. The van der Waals surface area contributed by atoms with Crippen LogP contribution in [0.3, 0.4) is 0 Å². The van der Waals surface area contributed by atoms with E-state index in [1.807, 2.05) is 32.8 Å². The lowest BCUT2D eigenvalue weighted by Gasteiger charge is -2.21. The number of carbonyl (C=O) groups excluding carboxylic acids is 1. The van der Waals surface area contributed by atoms with E-state index in [0.29, 0.717) is 11.5 Å². The number of thiazole rings is 1. The lowest BCUT2D eigenvalue weighted by Crippen LogP contribution is -2.41. The number of nitrogens with one attached hydrogen (secondary N) is 1. The summed E-state index contributed by atoms with van der Waals surface area (Å²) in [6, 6.07) is -0.0400. The molecule has 0 aliphatic carbocycles. The molecule has 0 spiro atoms. The van der Waals surface area contributed by atoms with Crippen LogP contribution in [0.4, 0.5) is 10.9 Å². The third-order valence-corrected chi connectivity index (χ3v) is 3.94. The molecule has 0 aromatic carbocycles. The highest BCUT2D eigenvalue weighted by molar-refractivity contribution is 7.18. The monoisotopic (exact) mass is 286 g/mol. The topological polar surface area (TPSA) is 80.5 Å². The van der Waals surface area contributed by atoms with E-state index in [4.69, 9.17) is 10.5 Å². The van der Waals surface area contributed by atoms with E-state index >= 15 is 0 Å². The molecule has 3 N–H and O–H groups in total. The summed E-state index contributed by atoms with van der Waals surface area (Å²) in [6.45, 7) is 4.54. The summed E-state index contributed by atoms with van der Waals surface area (Å²) in [6.07, 6.45) is 0. The van der Waals surface area contributed by atoms with Crippen molar-refractivity contribution in [3.05, 3.63) is 4.88 Å². The molecule has 0 fully saturated rings. The number of methoxy groups -OCH3 is 1. The number of nitrogens with two attached hydrogens (primary N) is 1. The van der Waals surface area contributed by atoms with Crippen LogP contribution in [0.25, 0.3) is 0 Å². The van der Waals surface area contributed by atoms with E-state index < -0.39 is 0 Å². The zero-order valence-corrected chi connectivity index (χ0v) is 12.9. The van der Waals surface area contributed by atoms with Crippen molar-refractivity contribution in [1.82, 2.24) is 10.3 Å². The molecule has 1 aromatic rings. The van der Waals surface area contributed by atoms with Crippen LogP contribution in [0, 0.1) is 5.92 Å². The predicted octanol–water partition coefficient (Wildman–Crippen LogP) is 1.19. The molecule has 0 radical (unpaired) electrons. The van der Waals surface area contributed by atoms with E-state index in [2.05, 4.69) is 10.3 Å². The van der Waals surface area contributed by atoms with Crippen LogP contribution >= 0.6 is 11.3 Å². The Morgan fingerprint density at radius 3 is 2.58 bits per heavy atom. The fraction of sp³-hybridized carbons (Fsp3) is 0.667. The predicted molar refractivity (Wildman–Crippen MR) is 78.8 cm³/mol. The first-order valence-corrected chi connectivity index (χ1v) is 6.91. The number of aromatic nitrogens is 1. The van der Waals surface area contributed by atoms with Crippen LogP contribution in [-0.2, 0) is 4.74 Å². The van der Waals surface area contributed by atoms with Crippen molar-refractivity contribution in [1.29, 1.82) is 0 Å². The van der Waals surface area contributed by atoms with Crippen molar-refractivity contribution in [2.24, 2.45) is 5.92 Å². The van der Waals surface area contributed by atoms with E-state index in [-0.39, 0.29) is 23.7 Å². The zero-order chi connectivity index (χ0) is 14.6. The third-order valence-electron chi connectivity index (χ3n) is 2.70. The molecule has 0 aliphatic rings. The van der Waals surface area contributed by atoms with Crippen LogP contribution in [0.15, 0.2) is 0 Å². The Morgan fingerprint density at radius 1 is 1.53 bits per heavy atom. The molecule has 7 heteroatoms. The first kappa shape index (κ1) is 15.7. The van der Waals surface area contributed by atoms with Gasteiger partial charge in [0.25, 0.3) is 5.91 Å². The quantitative estimate of drug-likeness (QED) is 0.821. The summed E-state index contributed by atoms with van der Waals surface area (Å²) < 4.78 is 5.11. The smallest absolute Gasteiger partial charge is 0.265 e. The second kappa shape index (κ2) is 6.72. The van der Waals surface area contributed by atoms with Crippen molar-refractivity contribution >= 4 is 28.2 Å². The second-order valence-corrected chi connectivity index (χ2v) is 5.86. The number of ether oxygens (including phenoxy) is 1. The minimum absolute atomic E-state index is 0.0400. The third kappa shape index (κ3) is 4.07. The van der Waals surface area contributed by atoms with Crippen LogP contribution in [0.5, 0.6) is 0 Å². The van der Waals surface area contributed by atoms with E-state index in [1.165, 1.54) is 11.3 Å². The summed E-state index contributed by atoms with van der Waals surface area (Å²) in [5.74, 6) is 0.358. The molecule has 6 nitrogen and oxygen atoms in total. The van der Waals surface area contributed by atoms with E-state index in [0.717, 1.165) is 5.13 Å². The van der Waals surface area contributed by atoms with Gasteiger partial charge >= 0.3 is 0 Å². The van der Waals surface area contributed by atoms with Crippen molar-refractivity contribution in [2.75, 3.05) is 38.4 Å².